The molecule has 3 heterocycles. The maximum absolute atomic E-state index is 5.26. The van der Waals surface area contributed by atoms with Crippen LogP contribution in [-0.4, -0.2) is 19.1 Å². The van der Waals surface area contributed by atoms with E-state index in [1.807, 2.05) is 12.1 Å². The van der Waals surface area contributed by atoms with Crippen molar-refractivity contribution in [2.24, 2.45) is 0 Å². The third-order valence-corrected chi connectivity index (χ3v) is 9.75. The Morgan fingerprint density at radius 3 is 1.30 bits per heavy atom. The summed E-state index contributed by atoms with van der Waals surface area (Å²) in [6.45, 7) is 0. The van der Waals surface area contributed by atoms with Crippen molar-refractivity contribution in [1.29, 1.82) is 0 Å². The summed E-state index contributed by atoms with van der Waals surface area (Å²) in [5.41, 5.74) is 11.8. The van der Waals surface area contributed by atoms with Gasteiger partial charge in [0.1, 0.15) is 0 Å². The van der Waals surface area contributed by atoms with Crippen molar-refractivity contribution >= 4 is 43.6 Å². The Morgan fingerprint density at radius 2 is 0.740 bits per heavy atom. The Balaban J connectivity index is 1.26. The lowest BCUT2D eigenvalue weighted by Gasteiger charge is -2.12. The highest BCUT2D eigenvalue weighted by molar-refractivity contribution is 6.19. The zero-order chi connectivity index (χ0) is 33.0. The van der Waals surface area contributed by atoms with Crippen LogP contribution in [-0.2, 0) is 0 Å². The van der Waals surface area contributed by atoms with E-state index in [1.165, 1.54) is 38.2 Å². The minimum absolute atomic E-state index is 0.644. The molecular weight excluding hydrogens is 609 g/mol. The molecule has 3 aromatic heterocycles. The van der Waals surface area contributed by atoms with Crippen molar-refractivity contribution in [3.05, 3.63) is 182 Å². The number of nitrogens with zero attached hydrogens (tertiary/aromatic N) is 4. The molecule has 0 saturated carbocycles. The van der Waals surface area contributed by atoms with Gasteiger partial charge in [0, 0.05) is 38.4 Å². The molecular formula is C46H30N4. The number of hydrogen-bond donors (Lipinski definition) is 0. The number of benzene rings is 7. The molecule has 4 nitrogen and oxygen atoms in total. The maximum Gasteiger partial charge on any atom is 0.235 e. The van der Waals surface area contributed by atoms with Crippen LogP contribution in [0.4, 0.5) is 0 Å². The summed E-state index contributed by atoms with van der Waals surface area (Å²) in [4.78, 5) is 10.5. The van der Waals surface area contributed by atoms with Crippen LogP contribution in [0.1, 0.15) is 0 Å². The largest absolute Gasteiger partial charge is 0.309 e. The Morgan fingerprint density at radius 1 is 0.300 bits per heavy atom. The Labute approximate surface area is 289 Å². The van der Waals surface area contributed by atoms with Gasteiger partial charge >= 0.3 is 0 Å². The molecule has 4 heteroatoms. The molecule has 0 saturated heterocycles. The fourth-order valence-corrected chi connectivity index (χ4v) is 7.41. The average molecular weight is 639 g/mol. The third-order valence-electron chi connectivity index (χ3n) is 9.75. The monoisotopic (exact) mass is 638 g/mol. The minimum atomic E-state index is 0.644. The molecule has 0 amide bonds. The first-order valence-corrected chi connectivity index (χ1v) is 16.9. The van der Waals surface area contributed by atoms with Gasteiger partial charge in [-0.3, -0.25) is 4.57 Å². The van der Waals surface area contributed by atoms with Crippen molar-refractivity contribution in [3.63, 3.8) is 0 Å². The van der Waals surface area contributed by atoms with Crippen LogP contribution in [0.2, 0.25) is 0 Å². The van der Waals surface area contributed by atoms with E-state index in [-0.39, 0.29) is 0 Å². The zero-order valence-electron chi connectivity index (χ0n) is 27.1. The van der Waals surface area contributed by atoms with Crippen molar-refractivity contribution in [2.75, 3.05) is 0 Å². The molecule has 10 rings (SSSR count). The zero-order valence-corrected chi connectivity index (χ0v) is 27.1. The second-order valence-electron chi connectivity index (χ2n) is 12.7. The number of para-hydroxylation sites is 2. The lowest BCUT2D eigenvalue weighted by atomic mass is 10.1. The summed E-state index contributed by atoms with van der Waals surface area (Å²) in [5, 5.41) is 4.78. The number of rotatable bonds is 5. The van der Waals surface area contributed by atoms with Gasteiger partial charge in [-0.05, 0) is 53.6 Å². The summed E-state index contributed by atoms with van der Waals surface area (Å²) in [7, 11) is 0. The molecule has 0 radical (unpaired) electrons. The normalized spacial score (nSPS) is 11.6. The molecule has 0 unspecified atom stereocenters. The summed E-state index contributed by atoms with van der Waals surface area (Å²) in [6.07, 6.45) is 0. The summed E-state index contributed by atoms with van der Waals surface area (Å²) >= 11 is 0. The number of fused-ring (bicyclic) bond motifs is 6. The number of hydrogen-bond acceptors (Lipinski definition) is 2. The van der Waals surface area contributed by atoms with E-state index in [9.17, 15) is 0 Å². The predicted molar refractivity (Wildman–Crippen MR) is 207 cm³/mol. The lowest BCUT2D eigenvalue weighted by molar-refractivity contribution is 0.995. The van der Waals surface area contributed by atoms with Gasteiger partial charge in [-0.15, -0.1) is 0 Å². The first kappa shape index (κ1) is 28.3. The fourth-order valence-electron chi connectivity index (χ4n) is 7.41. The van der Waals surface area contributed by atoms with E-state index < -0.39 is 0 Å². The number of aromatic nitrogens is 4. The lowest BCUT2D eigenvalue weighted by Crippen LogP contribution is -2.04. The molecule has 10 aromatic rings. The van der Waals surface area contributed by atoms with Crippen LogP contribution in [0.25, 0.3) is 88.9 Å². The summed E-state index contributed by atoms with van der Waals surface area (Å²) < 4.78 is 4.63. The fraction of sp³-hybridized carbons (Fsp3) is 0. The maximum atomic E-state index is 5.26. The highest BCUT2D eigenvalue weighted by atomic mass is 15.2. The van der Waals surface area contributed by atoms with E-state index in [4.69, 9.17) is 9.97 Å². The van der Waals surface area contributed by atoms with Crippen LogP contribution in [0.5, 0.6) is 0 Å². The van der Waals surface area contributed by atoms with E-state index in [1.54, 1.807) is 0 Å². The van der Waals surface area contributed by atoms with Gasteiger partial charge in [0.05, 0.1) is 33.5 Å². The van der Waals surface area contributed by atoms with Gasteiger partial charge in [-0.2, -0.15) is 0 Å². The molecule has 0 aliphatic carbocycles. The van der Waals surface area contributed by atoms with Crippen molar-refractivity contribution in [1.82, 2.24) is 19.1 Å². The Hall–Kier alpha value is -6.78. The van der Waals surface area contributed by atoms with Crippen LogP contribution >= 0.6 is 0 Å². The highest BCUT2D eigenvalue weighted by Gasteiger charge is 2.20. The van der Waals surface area contributed by atoms with Crippen molar-refractivity contribution < 1.29 is 0 Å². The molecule has 0 atom stereocenters. The van der Waals surface area contributed by atoms with Crippen LogP contribution in [0.3, 0.4) is 0 Å². The second-order valence-corrected chi connectivity index (χ2v) is 12.7. The molecule has 0 spiro atoms. The van der Waals surface area contributed by atoms with Gasteiger partial charge in [0.2, 0.25) is 5.95 Å². The van der Waals surface area contributed by atoms with Gasteiger partial charge in [0.25, 0.3) is 0 Å². The average Bonchev–Trinajstić information content (AvgIpc) is 3.70. The second kappa shape index (κ2) is 11.4. The van der Waals surface area contributed by atoms with Gasteiger partial charge in [-0.25, -0.2) is 9.97 Å². The molecule has 7 aromatic carbocycles. The van der Waals surface area contributed by atoms with Crippen molar-refractivity contribution in [2.45, 2.75) is 0 Å². The van der Waals surface area contributed by atoms with Crippen LogP contribution < -0.4 is 0 Å². The Bertz CT molecular complexity index is 2770. The summed E-state index contributed by atoms with van der Waals surface area (Å²) in [5.74, 6) is 0.644. The smallest absolute Gasteiger partial charge is 0.235 e. The van der Waals surface area contributed by atoms with Gasteiger partial charge < -0.3 is 4.57 Å². The SMILES string of the molecule is c1ccc(-c2ccc(-n3c4ccccc4c4cc5c6ccccc6n(-c6nc(-c7ccccc7)cc(-c7ccccc7)n6)c5cc43)cc2)cc1. The van der Waals surface area contributed by atoms with Crippen LogP contribution in [0.15, 0.2) is 182 Å². The molecule has 234 valence electrons. The van der Waals surface area contributed by atoms with E-state index >= 15 is 0 Å². The molecule has 0 aliphatic rings. The highest BCUT2D eigenvalue weighted by Crippen LogP contribution is 2.40. The third kappa shape index (κ3) is 4.54. The topological polar surface area (TPSA) is 35.6 Å². The van der Waals surface area contributed by atoms with Crippen molar-refractivity contribution in [3.8, 4) is 45.3 Å². The van der Waals surface area contributed by atoms with Gasteiger partial charge in [0.15, 0.2) is 0 Å². The standard InChI is InChI=1S/C46H30N4/c1-4-14-31(15-5-1)32-24-26-35(27-25-32)49-42-22-12-10-20-36(42)38-28-39-37-21-11-13-23-43(37)50(45(39)30-44(38)49)46-47-40(33-16-6-2-7-17-33)29-41(48-46)34-18-8-3-9-19-34/h1-30H. The first-order chi connectivity index (χ1) is 24.8. The minimum Gasteiger partial charge on any atom is -0.309 e. The van der Waals surface area contributed by atoms with Gasteiger partial charge in [-0.1, -0.05) is 140 Å². The molecule has 0 bridgehead atoms. The molecule has 50 heavy (non-hydrogen) atoms. The van der Waals surface area contributed by atoms with E-state index in [0.29, 0.717) is 5.95 Å². The molecule has 0 fully saturated rings. The van der Waals surface area contributed by atoms with E-state index in [0.717, 1.165) is 44.8 Å². The quantitative estimate of drug-likeness (QED) is 0.188. The molecule has 0 aliphatic heterocycles. The summed E-state index contributed by atoms with van der Waals surface area (Å²) in [6, 6.07) is 64.3. The predicted octanol–water partition coefficient (Wildman–Crippen LogP) is 11.7. The van der Waals surface area contributed by atoms with Crippen LogP contribution in [0, 0.1) is 0 Å². The Kier molecular flexibility index (Phi) is 6.46. The van der Waals surface area contributed by atoms with E-state index in [2.05, 4.69) is 179 Å². The first-order valence-electron chi connectivity index (χ1n) is 16.9. The molecule has 0 N–H and O–H groups in total.